The highest BCUT2D eigenvalue weighted by Gasteiger charge is 2.51. The van der Waals surface area contributed by atoms with Crippen LogP contribution < -0.4 is 5.46 Å². The normalized spacial score (nSPS) is 22.0. The van der Waals surface area contributed by atoms with Crippen LogP contribution in [-0.4, -0.2) is 67.3 Å². The summed E-state index contributed by atoms with van der Waals surface area (Å²) in [5, 5.41) is 0. The van der Waals surface area contributed by atoms with Crippen molar-refractivity contribution in [1.29, 1.82) is 0 Å². The molecule has 0 saturated carbocycles. The lowest BCUT2D eigenvalue weighted by Gasteiger charge is -2.32. The van der Waals surface area contributed by atoms with Crippen molar-refractivity contribution >= 4 is 18.5 Å². The molecule has 0 aliphatic carbocycles. The summed E-state index contributed by atoms with van der Waals surface area (Å²) in [6.07, 6.45) is 0. The fourth-order valence-electron chi connectivity index (χ4n) is 2.95. The number of carbonyl (C=O) groups excluding carboxylic acids is 1. The highest BCUT2D eigenvalue weighted by molar-refractivity contribution is 6.62. The lowest BCUT2D eigenvalue weighted by molar-refractivity contribution is 0.00578. The Kier molecular flexibility index (Phi) is 6.53. The van der Waals surface area contributed by atoms with E-state index < -0.39 is 0 Å². The van der Waals surface area contributed by atoms with E-state index in [9.17, 15) is 4.79 Å². The predicted molar refractivity (Wildman–Crippen MR) is 107 cm³/mol. The highest BCUT2D eigenvalue weighted by Crippen LogP contribution is 2.36. The third kappa shape index (κ3) is 4.30. The Hall–Kier alpha value is -1.37. The van der Waals surface area contributed by atoms with Crippen LogP contribution >= 0.6 is 0 Å². The lowest BCUT2D eigenvalue weighted by atomic mass is 9.79. The minimum atomic E-state index is -0.386. The van der Waals surface area contributed by atoms with Gasteiger partial charge < -0.3 is 19.1 Å². The zero-order valence-electron chi connectivity index (χ0n) is 17.3. The summed E-state index contributed by atoms with van der Waals surface area (Å²) in [5.74, 6) is 0.101. The molecule has 0 spiro atoms. The van der Waals surface area contributed by atoms with E-state index in [4.69, 9.17) is 9.31 Å². The molecular weight excluding hydrogens is 327 g/mol. The molecular formula is C20H33BN2O3. The van der Waals surface area contributed by atoms with E-state index in [0.29, 0.717) is 0 Å². The van der Waals surface area contributed by atoms with Gasteiger partial charge >= 0.3 is 7.12 Å². The van der Waals surface area contributed by atoms with Crippen molar-refractivity contribution < 1.29 is 14.1 Å². The molecule has 1 aromatic carbocycles. The van der Waals surface area contributed by atoms with Gasteiger partial charge in [0.1, 0.15) is 0 Å². The van der Waals surface area contributed by atoms with Crippen LogP contribution in [0.1, 0.15) is 51.9 Å². The largest absolute Gasteiger partial charge is 0.494 e. The molecule has 2 saturated heterocycles. The second-order valence-corrected chi connectivity index (χ2v) is 7.81. The predicted octanol–water partition coefficient (Wildman–Crippen LogP) is 2.40. The molecule has 2 aliphatic heterocycles. The minimum Gasteiger partial charge on any atom is -0.399 e. The molecule has 0 bridgehead atoms. The summed E-state index contributed by atoms with van der Waals surface area (Å²) in [4.78, 5) is 16.8. The van der Waals surface area contributed by atoms with Gasteiger partial charge in [0, 0.05) is 31.7 Å². The Morgan fingerprint density at radius 2 is 1.38 bits per heavy atom. The van der Waals surface area contributed by atoms with Crippen molar-refractivity contribution in [2.24, 2.45) is 0 Å². The number of rotatable bonds is 2. The van der Waals surface area contributed by atoms with Gasteiger partial charge in [-0.3, -0.25) is 4.79 Å². The van der Waals surface area contributed by atoms with Gasteiger partial charge in [-0.25, -0.2) is 0 Å². The summed E-state index contributed by atoms with van der Waals surface area (Å²) >= 11 is 0. The standard InChI is InChI=1S/C18H27BN2O3.C2H6/c1-17(2)18(3,4)24-19(23-17)15-8-6-14(7-9-15)16(22)21-12-10-20(5)11-13-21;1-2/h6-9H,10-13H2,1-5H3;1-2H3. The van der Waals surface area contributed by atoms with E-state index in [1.54, 1.807) is 0 Å². The van der Waals surface area contributed by atoms with E-state index in [1.165, 1.54) is 0 Å². The van der Waals surface area contributed by atoms with E-state index in [0.717, 1.165) is 37.2 Å². The number of piperazine rings is 1. The number of nitrogens with zero attached hydrogens (tertiary/aromatic N) is 2. The number of amides is 1. The second kappa shape index (κ2) is 8.11. The molecule has 144 valence electrons. The highest BCUT2D eigenvalue weighted by atomic mass is 16.7. The van der Waals surface area contributed by atoms with Gasteiger partial charge in [0.05, 0.1) is 11.2 Å². The summed E-state index contributed by atoms with van der Waals surface area (Å²) in [6, 6.07) is 7.62. The Morgan fingerprint density at radius 3 is 1.85 bits per heavy atom. The molecule has 0 N–H and O–H groups in total. The van der Waals surface area contributed by atoms with E-state index in [2.05, 4.69) is 11.9 Å². The van der Waals surface area contributed by atoms with E-state index in [1.807, 2.05) is 70.7 Å². The molecule has 3 rings (SSSR count). The maximum absolute atomic E-state index is 12.6. The first-order valence-corrected chi connectivity index (χ1v) is 9.63. The Balaban J connectivity index is 0.00000117. The Morgan fingerprint density at radius 1 is 0.923 bits per heavy atom. The quantitative estimate of drug-likeness (QED) is 0.760. The van der Waals surface area contributed by atoms with Gasteiger partial charge in [0.15, 0.2) is 0 Å². The van der Waals surface area contributed by atoms with Gasteiger partial charge in [-0.05, 0) is 52.3 Å². The molecule has 2 fully saturated rings. The fraction of sp³-hybridized carbons (Fsp3) is 0.650. The van der Waals surface area contributed by atoms with Crippen molar-refractivity contribution in [3.63, 3.8) is 0 Å². The van der Waals surface area contributed by atoms with Crippen LogP contribution in [0.5, 0.6) is 0 Å². The van der Waals surface area contributed by atoms with Gasteiger partial charge in [-0.2, -0.15) is 0 Å². The topological polar surface area (TPSA) is 42.0 Å². The minimum absolute atomic E-state index is 0.101. The maximum Gasteiger partial charge on any atom is 0.494 e. The summed E-state index contributed by atoms with van der Waals surface area (Å²) < 4.78 is 12.1. The number of carbonyl (C=O) groups is 1. The van der Waals surface area contributed by atoms with Crippen molar-refractivity contribution in [3.05, 3.63) is 29.8 Å². The molecule has 0 atom stereocenters. The fourth-order valence-corrected chi connectivity index (χ4v) is 2.95. The molecule has 2 aliphatic rings. The number of hydrogen-bond donors (Lipinski definition) is 0. The average molecular weight is 360 g/mol. The van der Waals surface area contributed by atoms with Gasteiger partial charge in [-0.1, -0.05) is 26.0 Å². The third-order valence-corrected chi connectivity index (χ3v) is 5.47. The molecule has 1 aromatic rings. The molecule has 0 aromatic heterocycles. The molecule has 5 nitrogen and oxygen atoms in total. The number of hydrogen-bond acceptors (Lipinski definition) is 4. The van der Waals surface area contributed by atoms with Crippen LogP contribution in [0.15, 0.2) is 24.3 Å². The van der Waals surface area contributed by atoms with Crippen molar-refractivity contribution in [2.45, 2.75) is 52.7 Å². The molecule has 6 heteroatoms. The van der Waals surface area contributed by atoms with Crippen LogP contribution in [0.2, 0.25) is 0 Å². The SMILES string of the molecule is CC.CN1CCN(C(=O)c2ccc(B3OC(C)(C)C(C)(C)O3)cc2)CC1. The van der Waals surface area contributed by atoms with Gasteiger partial charge in [-0.15, -0.1) is 0 Å². The lowest BCUT2D eigenvalue weighted by Crippen LogP contribution is -2.47. The Labute approximate surface area is 158 Å². The van der Waals surface area contributed by atoms with Crippen LogP contribution in [0, 0.1) is 0 Å². The van der Waals surface area contributed by atoms with Crippen LogP contribution in [-0.2, 0) is 9.31 Å². The molecule has 26 heavy (non-hydrogen) atoms. The average Bonchev–Trinajstić information content (AvgIpc) is 2.84. The summed E-state index contributed by atoms with van der Waals surface area (Å²) in [6.45, 7) is 15.6. The Bertz CT molecular complexity index is 592. The van der Waals surface area contributed by atoms with Crippen molar-refractivity contribution in [3.8, 4) is 0 Å². The number of benzene rings is 1. The van der Waals surface area contributed by atoms with Crippen molar-refractivity contribution in [2.75, 3.05) is 33.2 Å². The van der Waals surface area contributed by atoms with E-state index >= 15 is 0 Å². The zero-order valence-corrected chi connectivity index (χ0v) is 17.3. The van der Waals surface area contributed by atoms with Crippen LogP contribution in [0.25, 0.3) is 0 Å². The van der Waals surface area contributed by atoms with Crippen LogP contribution in [0.3, 0.4) is 0 Å². The number of likely N-dealkylation sites (N-methyl/N-ethyl adjacent to an activating group) is 1. The first-order chi connectivity index (χ1) is 12.2. The summed E-state index contributed by atoms with van der Waals surface area (Å²) in [5.41, 5.74) is 0.959. The molecule has 1 amide bonds. The molecule has 2 heterocycles. The van der Waals surface area contributed by atoms with Gasteiger partial charge in [0.2, 0.25) is 0 Å². The van der Waals surface area contributed by atoms with E-state index in [-0.39, 0.29) is 24.2 Å². The summed E-state index contributed by atoms with van der Waals surface area (Å²) in [7, 11) is 1.70. The second-order valence-electron chi connectivity index (χ2n) is 7.81. The third-order valence-electron chi connectivity index (χ3n) is 5.47. The van der Waals surface area contributed by atoms with Gasteiger partial charge in [0.25, 0.3) is 5.91 Å². The maximum atomic E-state index is 12.6. The first-order valence-electron chi connectivity index (χ1n) is 9.63. The smallest absolute Gasteiger partial charge is 0.399 e. The first kappa shape index (κ1) is 20.9. The monoisotopic (exact) mass is 360 g/mol. The van der Waals surface area contributed by atoms with Crippen molar-refractivity contribution in [1.82, 2.24) is 9.80 Å². The molecule has 0 unspecified atom stereocenters. The zero-order chi connectivity index (χ0) is 19.5. The molecule has 0 radical (unpaired) electrons. The van der Waals surface area contributed by atoms with Crippen LogP contribution in [0.4, 0.5) is 0 Å².